The van der Waals surface area contributed by atoms with E-state index in [4.69, 9.17) is 4.98 Å². The van der Waals surface area contributed by atoms with Gasteiger partial charge < -0.3 is 9.88 Å². The van der Waals surface area contributed by atoms with Crippen LogP contribution in [0.25, 0.3) is 0 Å². The average Bonchev–Trinajstić information content (AvgIpc) is 2.79. The van der Waals surface area contributed by atoms with Crippen LogP contribution >= 0.6 is 0 Å². The van der Waals surface area contributed by atoms with E-state index < -0.39 is 0 Å². The first-order valence-electron chi connectivity index (χ1n) is 7.99. The van der Waals surface area contributed by atoms with E-state index >= 15 is 0 Å². The van der Waals surface area contributed by atoms with Crippen molar-refractivity contribution >= 4 is 0 Å². The fourth-order valence-corrected chi connectivity index (χ4v) is 3.81. The highest BCUT2D eigenvalue weighted by molar-refractivity contribution is 5.23. The van der Waals surface area contributed by atoms with E-state index in [1.165, 1.54) is 42.9 Å². The second-order valence-corrected chi connectivity index (χ2v) is 6.64. The van der Waals surface area contributed by atoms with Gasteiger partial charge in [0.25, 0.3) is 0 Å². The normalized spacial score (nSPS) is 27.6. The van der Waals surface area contributed by atoms with Crippen molar-refractivity contribution in [1.29, 1.82) is 0 Å². The van der Waals surface area contributed by atoms with Crippen molar-refractivity contribution in [2.75, 3.05) is 6.54 Å². The predicted octanol–water partition coefficient (Wildman–Crippen LogP) is 3.40. The van der Waals surface area contributed by atoms with Crippen molar-refractivity contribution < 1.29 is 0 Å². The molecule has 106 valence electrons. The molecule has 19 heavy (non-hydrogen) atoms. The van der Waals surface area contributed by atoms with Gasteiger partial charge in [0.2, 0.25) is 0 Å². The van der Waals surface area contributed by atoms with Crippen LogP contribution in [0.5, 0.6) is 0 Å². The molecule has 0 radical (unpaired) electrons. The lowest BCUT2D eigenvalue weighted by Gasteiger charge is -2.33. The summed E-state index contributed by atoms with van der Waals surface area (Å²) >= 11 is 0. The maximum atomic E-state index is 4.96. The number of aromatic nitrogens is 2. The first-order chi connectivity index (χ1) is 9.18. The summed E-state index contributed by atoms with van der Waals surface area (Å²) in [5.74, 6) is 2.66. The largest absolute Gasteiger partial charge is 0.328 e. The lowest BCUT2D eigenvalue weighted by Crippen LogP contribution is -2.29. The molecule has 3 nitrogen and oxygen atoms in total. The molecule has 2 atom stereocenters. The molecule has 1 aliphatic carbocycles. The number of nitrogens with zero attached hydrogens (tertiary/aromatic N) is 2. The van der Waals surface area contributed by atoms with E-state index in [1.54, 1.807) is 0 Å². The zero-order chi connectivity index (χ0) is 13.4. The van der Waals surface area contributed by atoms with Crippen molar-refractivity contribution in [1.82, 2.24) is 14.9 Å². The van der Waals surface area contributed by atoms with Gasteiger partial charge in [-0.15, -0.1) is 0 Å². The molecule has 1 saturated carbocycles. The average molecular weight is 261 g/mol. The maximum Gasteiger partial charge on any atom is 0.112 e. The SMILES string of the molecule is CC(C)c1nc2c(n1C1CCCCC1C)CCNC2. The Labute approximate surface area is 116 Å². The summed E-state index contributed by atoms with van der Waals surface area (Å²) in [5.41, 5.74) is 2.84. The summed E-state index contributed by atoms with van der Waals surface area (Å²) in [6.07, 6.45) is 6.67. The Morgan fingerprint density at radius 2 is 2.05 bits per heavy atom. The fraction of sp³-hybridized carbons (Fsp3) is 0.812. The van der Waals surface area contributed by atoms with Crippen LogP contribution in [0.15, 0.2) is 0 Å². The Bertz CT molecular complexity index is 447. The quantitative estimate of drug-likeness (QED) is 0.884. The molecular weight excluding hydrogens is 234 g/mol. The number of rotatable bonds is 2. The number of imidazole rings is 1. The van der Waals surface area contributed by atoms with Crippen LogP contribution in [-0.2, 0) is 13.0 Å². The maximum absolute atomic E-state index is 4.96. The van der Waals surface area contributed by atoms with Crippen molar-refractivity contribution in [2.24, 2.45) is 5.92 Å². The van der Waals surface area contributed by atoms with Gasteiger partial charge in [0.1, 0.15) is 5.82 Å². The van der Waals surface area contributed by atoms with Crippen LogP contribution in [0.4, 0.5) is 0 Å². The second kappa shape index (κ2) is 5.28. The first-order valence-corrected chi connectivity index (χ1v) is 7.99. The van der Waals surface area contributed by atoms with Crippen molar-refractivity contribution in [3.8, 4) is 0 Å². The van der Waals surface area contributed by atoms with Gasteiger partial charge in [-0.05, 0) is 18.8 Å². The summed E-state index contributed by atoms with van der Waals surface area (Å²) in [6.45, 7) is 9.07. The zero-order valence-corrected chi connectivity index (χ0v) is 12.6. The van der Waals surface area contributed by atoms with Crippen molar-refractivity contribution in [2.45, 2.75) is 71.4 Å². The molecule has 0 amide bonds. The number of hydrogen-bond donors (Lipinski definition) is 1. The molecule has 3 rings (SSSR count). The molecule has 1 aromatic heterocycles. The standard InChI is InChI=1S/C16H27N3/c1-11(2)16-18-13-10-17-9-8-15(13)19(16)14-7-5-4-6-12(14)3/h11-12,14,17H,4-10H2,1-3H3. The lowest BCUT2D eigenvalue weighted by atomic mass is 9.85. The summed E-state index contributed by atoms with van der Waals surface area (Å²) in [7, 11) is 0. The van der Waals surface area contributed by atoms with Crippen LogP contribution in [0, 0.1) is 5.92 Å². The minimum Gasteiger partial charge on any atom is -0.328 e. The van der Waals surface area contributed by atoms with Crippen LogP contribution in [0.1, 0.15) is 75.6 Å². The third-order valence-electron chi connectivity index (χ3n) is 4.87. The Kier molecular flexibility index (Phi) is 3.66. The Morgan fingerprint density at radius 1 is 1.26 bits per heavy atom. The lowest BCUT2D eigenvalue weighted by molar-refractivity contribution is 0.245. The molecule has 2 unspecified atom stereocenters. The highest BCUT2D eigenvalue weighted by Crippen LogP contribution is 2.37. The highest BCUT2D eigenvalue weighted by atomic mass is 15.1. The van der Waals surface area contributed by atoms with Gasteiger partial charge in [-0.2, -0.15) is 0 Å². The van der Waals surface area contributed by atoms with Gasteiger partial charge in [-0.1, -0.05) is 33.6 Å². The summed E-state index contributed by atoms with van der Waals surface area (Å²) in [4.78, 5) is 4.96. The van der Waals surface area contributed by atoms with E-state index in [2.05, 4.69) is 30.7 Å². The van der Waals surface area contributed by atoms with Gasteiger partial charge in [0.05, 0.1) is 5.69 Å². The molecule has 3 heteroatoms. The topological polar surface area (TPSA) is 29.9 Å². The Balaban J connectivity index is 2.04. The molecule has 2 heterocycles. The van der Waals surface area contributed by atoms with Gasteiger partial charge in [-0.3, -0.25) is 0 Å². The second-order valence-electron chi connectivity index (χ2n) is 6.64. The number of nitrogens with one attached hydrogen (secondary N) is 1. The molecule has 0 bridgehead atoms. The van der Waals surface area contributed by atoms with E-state index in [-0.39, 0.29) is 0 Å². The molecule has 2 aliphatic rings. The van der Waals surface area contributed by atoms with E-state index in [9.17, 15) is 0 Å². The molecule has 0 spiro atoms. The van der Waals surface area contributed by atoms with Gasteiger partial charge >= 0.3 is 0 Å². The van der Waals surface area contributed by atoms with E-state index in [0.717, 1.165) is 25.4 Å². The van der Waals surface area contributed by atoms with E-state index in [1.807, 2.05) is 0 Å². The molecule has 1 aliphatic heterocycles. The third kappa shape index (κ3) is 2.33. The molecule has 1 aromatic rings. The monoisotopic (exact) mass is 261 g/mol. The summed E-state index contributed by atoms with van der Waals surface area (Å²) in [6, 6.07) is 0.695. The van der Waals surface area contributed by atoms with Gasteiger partial charge in [-0.25, -0.2) is 4.98 Å². The number of hydrogen-bond acceptors (Lipinski definition) is 2. The minimum atomic E-state index is 0.528. The molecule has 1 N–H and O–H groups in total. The van der Waals surface area contributed by atoms with Gasteiger partial charge in [0.15, 0.2) is 0 Å². The van der Waals surface area contributed by atoms with Crippen molar-refractivity contribution in [3.05, 3.63) is 17.2 Å². The van der Waals surface area contributed by atoms with Crippen molar-refractivity contribution in [3.63, 3.8) is 0 Å². The molecule has 0 aromatic carbocycles. The Morgan fingerprint density at radius 3 is 2.79 bits per heavy atom. The van der Waals surface area contributed by atoms with Gasteiger partial charge in [0, 0.05) is 37.2 Å². The smallest absolute Gasteiger partial charge is 0.112 e. The summed E-state index contributed by atoms with van der Waals surface area (Å²) < 4.78 is 2.64. The molecule has 0 saturated heterocycles. The third-order valence-corrected chi connectivity index (χ3v) is 4.87. The van der Waals surface area contributed by atoms with Crippen LogP contribution in [-0.4, -0.2) is 16.1 Å². The summed E-state index contributed by atoms with van der Waals surface area (Å²) in [5, 5.41) is 3.46. The first kappa shape index (κ1) is 13.2. The zero-order valence-electron chi connectivity index (χ0n) is 12.6. The molecule has 1 fully saturated rings. The molecular formula is C16H27N3. The number of fused-ring (bicyclic) bond motifs is 1. The minimum absolute atomic E-state index is 0.528. The van der Waals surface area contributed by atoms with Crippen LogP contribution in [0.3, 0.4) is 0 Å². The Hall–Kier alpha value is -0.830. The van der Waals surface area contributed by atoms with Crippen LogP contribution < -0.4 is 5.32 Å². The predicted molar refractivity (Wildman–Crippen MR) is 78.4 cm³/mol. The highest BCUT2D eigenvalue weighted by Gasteiger charge is 2.30. The van der Waals surface area contributed by atoms with Crippen LogP contribution in [0.2, 0.25) is 0 Å². The van der Waals surface area contributed by atoms with E-state index in [0.29, 0.717) is 12.0 Å². The fourth-order valence-electron chi connectivity index (χ4n) is 3.81.